The van der Waals surface area contributed by atoms with Gasteiger partial charge in [-0.05, 0) is 37.0 Å². The van der Waals surface area contributed by atoms with Gasteiger partial charge in [0.25, 0.3) is 0 Å². The first kappa shape index (κ1) is 20.3. The van der Waals surface area contributed by atoms with Gasteiger partial charge in [0.1, 0.15) is 5.75 Å². The van der Waals surface area contributed by atoms with Crippen LogP contribution in [0.5, 0.6) is 5.75 Å². The summed E-state index contributed by atoms with van der Waals surface area (Å²) in [4.78, 5) is 0. The Labute approximate surface area is 120 Å². The second-order valence-corrected chi connectivity index (χ2v) is 4.29. The standard InChI is InChI=1S/C15H24O2.2CH4/c1-5-12(4)13-8-10-14(11-9-13)17-15(6-2)16-7-3;;/h8-12,15H,5-7H2,1-4H3;2*1H4. The van der Waals surface area contributed by atoms with Gasteiger partial charge in [0.2, 0.25) is 0 Å². The van der Waals surface area contributed by atoms with Gasteiger partial charge in [0.15, 0.2) is 6.29 Å². The maximum absolute atomic E-state index is 5.75. The molecule has 0 saturated heterocycles. The monoisotopic (exact) mass is 268 g/mol. The van der Waals surface area contributed by atoms with Crippen LogP contribution < -0.4 is 4.74 Å². The minimum absolute atomic E-state index is 0. The summed E-state index contributed by atoms with van der Waals surface area (Å²) in [5.74, 6) is 1.50. The molecule has 0 saturated carbocycles. The highest BCUT2D eigenvalue weighted by Crippen LogP contribution is 2.22. The Morgan fingerprint density at radius 2 is 1.53 bits per heavy atom. The lowest BCUT2D eigenvalue weighted by Gasteiger charge is -2.17. The number of benzene rings is 1. The minimum atomic E-state index is -0.130. The van der Waals surface area contributed by atoms with Crippen molar-refractivity contribution in [3.05, 3.63) is 29.8 Å². The summed E-state index contributed by atoms with van der Waals surface area (Å²) in [5, 5.41) is 0. The van der Waals surface area contributed by atoms with Crippen LogP contribution in [-0.4, -0.2) is 12.9 Å². The molecular weight excluding hydrogens is 236 g/mol. The van der Waals surface area contributed by atoms with Crippen LogP contribution in [0.4, 0.5) is 0 Å². The van der Waals surface area contributed by atoms with Crippen LogP contribution in [0, 0.1) is 0 Å². The van der Waals surface area contributed by atoms with Gasteiger partial charge in [0, 0.05) is 13.0 Å². The fourth-order valence-corrected chi connectivity index (χ4v) is 1.68. The number of rotatable bonds is 7. The first-order chi connectivity index (χ1) is 8.21. The van der Waals surface area contributed by atoms with Crippen molar-refractivity contribution in [3.8, 4) is 5.75 Å². The highest BCUT2D eigenvalue weighted by Gasteiger charge is 2.08. The van der Waals surface area contributed by atoms with Crippen molar-refractivity contribution >= 4 is 0 Å². The molecule has 0 fully saturated rings. The third-order valence-corrected chi connectivity index (χ3v) is 3.01. The number of hydrogen-bond acceptors (Lipinski definition) is 2. The molecule has 0 aromatic heterocycles. The molecule has 0 heterocycles. The Kier molecular flexibility index (Phi) is 11.6. The lowest BCUT2D eigenvalue weighted by Crippen LogP contribution is -2.19. The minimum Gasteiger partial charge on any atom is -0.465 e. The molecule has 2 heteroatoms. The van der Waals surface area contributed by atoms with E-state index >= 15 is 0 Å². The van der Waals surface area contributed by atoms with Crippen molar-refractivity contribution in [1.82, 2.24) is 0 Å². The molecule has 2 atom stereocenters. The molecule has 112 valence electrons. The molecule has 2 nitrogen and oxygen atoms in total. The van der Waals surface area contributed by atoms with Gasteiger partial charge >= 0.3 is 0 Å². The lowest BCUT2D eigenvalue weighted by atomic mass is 9.99. The number of ether oxygens (including phenoxy) is 2. The third kappa shape index (κ3) is 6.63. The normalized spacial score (nSPS) is 12.8. The molecule has 0 aliphatic rings. The fourth-order valence-electron chi connectivity index (χ4n) is 1.68. The molecule has 1 rings (SSSR count). The van der Waals surface area contributed by atoms with Crippen LogP contribution in [-0.2, 0) is 4.74 Å². The van der Waals surface area contributed by atoms with Gasteiger partial charge in [0.05, 0.1) is 0 Å². The topological polar surface area (TPSA) is 18.5 Å². The van der Waals surface area contributed by atoms with Crippen LogP contribution in [0.25, 0.3) is 0 Å². The SMILES string of the molecule is C.C.CCOC(CC)Oc1ccc(C(C)CC)cc1. The van der Waals surface area contributed by atoms with Crippen LogP contribution in [0.15, 0.2) is 24.3 Å². The second-order valence-electron chi connectivity index (χ2n) is 4.29. The lowest BCUT2D eigenvalue weighted by molar-refractivity contribution is -0.0766. The van der Waals surface area contributed by atoms with E-state index in [1.165, 1.54) is 5.56 Å². The maximum atomic E-state index is 5.75. The smallest absolute Gasteiger partial charge is 0.199 e. The maximum Gasteiger partial charge on any atom is 0.199 e. The molecule has 0 bridgehead atoms. The molecule has 1 aromatic carbocycles. The van der Waals surface area contributed by atoms with Crippen LogP contribution in [0.2, 0.25) is 0 Å². The van der Waals surface area contributed by atoms with Gasteiger partial charge in [-0.25, -0.2) is 0 Å². The molecule has 0 aliphatic carbocycles. The molecule has 0 spiro atoms. The zero-order valence-corrected chi connectivity index (χ0v) is 11.4. The summed E-state index contributed by atoms with van der Waals surface area (Å²) in [6.07, 6.45) is 1.90. The molecule has 0 radical (unpaired) electrons. The highest BCUT2D eigenvalue weighted by molar-refractivity contribution is 5.29. The third-order valence-electron chi connectivity index (χ3n) is 3.01. The first-order valence-electron chi connectivity index (χ1n) is 6.59. The fraction of sp³-hybridized carbons (Fsp3) is 0.647. The van der Waals surface area contributed by atoms with Crippen molar-refractivity contribution in [3.63, 3.8) is 0 Å². The van der Waals surface area contributed by atoms with Crippen LogP contribution in [0.1, 0.15) is 66.9 Å². The summed E-state index contributed by atoms with van der Waals surface area (Å²) in [7, 11) is 0. The van der Waals surface area contributed by atoms with E-state index < -0.39 is 0 Å². The summed E-state index contributed by atoms with van der Waals surface area (Å²) in [6.45, 7) is 9.18. The van der Waals surface area contributed by atoms with E-state index in [0.29, 0.717) is 12.5 Å². The molecular formula is C17H32O2. The van der Waals surface area contributed by atoms with Crippen molar-refractivity contribution in [1.29, 1.82) is 0 Å². The molecule has 0 aliphatic heterocycles. The Hall–Kier alpha value is -1.02. The van der Waals surface area contributed by atoms with Crippen LogP contribution >= 0.6 is 0 Å². The Morgan fingerprint density at radius 3 is 1.95 bits per heavy atom. The quantitative estimate of drug-likeness (QED) is 0.597. The van der Waals surface area contributed by atoms with E-state index in [0.717, 1.165) is 18.6 Å². The van der Waals surface area contributed by atoms with E-state index in [1.54, 1.807) is 0 Å². The van der Waals surface area contributed by atoms with E-state index in [9.17, 15) is 0 Å². The Balaban J connectivity index is 0. The van der Waals surface area contributed by atoms with E-state index in [4.69, 9.17) is 9.47 Å². The van der Waals surface area contributed by atoms with E-state index in [1.807, 2.05) is 19.1 Å². The van der Waals surface area contributed by atoms with E-state index in [-0.39, 0.29) is 21.1 Å². The summed E-state index contributed by atoms with van der Waals surface area (Å²) in [6, 6.07) is 8.34. The van der Waals surface area contributed by atoms with Gasteiger partial charge in [-0.15, -0.1) is 0 Å². The summed E-state index contributed by atoms with van der Waals surface area (Å²) < 4.78 is 11.2. The Bertz CT molecular complexity index is 306. The summed E-state index contributed by atoms with van der Waals surface area (Å²) >= 11 is 0. The van der Waals surface area contributed by atoms with Crippen molar-refractivity contribution in [2.75, 3.05) is 6.61 Å². The van der Waals surface area contributed by atoms with Gasteiger partial charge in [-0.3, -0.25) is 0 Å². The van der Waals surface area contributed by atoms with Gasteiger partial charge in [-0.1, -0.05) is 47.8 Å². The predicted molar refractivity (Wildman–Crippen MR) is 84.9 cm³/mol. The Morgan fingerprint density at radius 1 is 0.947 bits per heavy atom. The zero-order valence-electron chi connectivity index (χ0n) is 11.4. The summed E-state index contributed by atoms with van der Waals surface area (Å²) in [5.41, 5.74) is 1.37. The first-order valence-corrected chi connectivity index (χ1v) is 6.59. The average molecular weight is 268 g/mol. The van der Waals surface area contributed by atoms with Gasteiger partial charge in [-0.2, -0.15) is 0 Å². The van der Waals surface area contributed by atoms with Gasteiger partial charge < -0.3 is 9.47 Å². The predicted octanol–water partition coefficient (Wildman–Crippen LogP) is 5.62. The van der Waals surface area contributed by atoms with E-state index in [2.05, 4.69) is 32.9 Å². The van der Waals surface area contributed by atoms with Crippen LogP contribution in [0.3, 0.4) is 0 Å². The highest BCUT2D eigenvalue weighted by atomic mass is 16.7. The zero-order chi connectivity index (χ0) is 12.7. The molecule has 0 amide bonds. The molecule has 1 aromatic rings. The second kappa shape index (κ2) is 10.9. The molecule has 0 N–H and O–H groups in total. The largest absolute Gasteiger partial charge is 0.465 e. The van der Waals surface area contributed by atoms with Crippen molar-refractivity contribution < 1.29 is 9.47 Å². The molecule has 2 unspecified atom stereocenters. The number of hydrogen-bond donors (Lipinski definition) is 0. The average Bonchev–Trinajstić information content (AvgIpc) is 2.38. The van der Waals surface area contributed by atoms with Crippen molar-refractivity contribution in [2.24, 2.45) is 0 Å². The van der Waals surface area contributed by atoms with Crippen molar-refractivity contribution in [2.45, 2.75) is 67.6 Å². The molecule has 19 heavy (non-hydrogen) atoms.